The Kier molecular flexibility index (Phi) is 8.09. The molecule has 9 heteroatoms. The molecular weight excluding hydrogens is 270 g/mol. The van der Waals surface area contributed by atoms with Gasteiger partial charge < -0.3 is 21.3 Å². The van der Waals surface area contributed by atoms with Crippen molar-refractivity contribution in [3.05, 3.63) is 0 Å². The topological polar surface area (TPSA) is 150 Å². The average Bonchev–Trinajstić information content (AvgIpc) is 2.33. The number of rotatable bonds is 10. The second-order valence-corrected chi connectivity index (χ2v) is 4.16. The molecule has 20 heavy (non-hydrogen) atoms. The van der Waals surface area contributed by atoms with Gasteiger partial charge in [0.15, 0.2) is 5.78 Å². The number of carbonyl (C=O) groups excluding carboxylic acids is 2. The number of aliphatic carboxylic acids is 2. The van der Waals surface area contributed by atoms with Crippen LogP contribution in [0.15, 0.2) is 0 Å². The van der Waals surface area contributed by atoms with E-state index in [1.165, 1.54) is 0 Å². The predicted octanol–water partition coefficient (Wildman–Crippen LogP) is -2.12. The molecule has 0 aromatic rings. The van der Waals surface area contributed by atoms with Crippen LogP contribution >= 0.6 is 0 Å². The first kappa shape index (κ1) is 18.0. The zero-order valence-corrected chi connectivity index (χ0v) is 11.2. The molecule has 1 atom stereocenters. The summed E-state index contributed by atoms with van der Waals surface area (Å²) in [6, 6.07) is -0.823. The van der Waals surface area contributed by atoms with Crippen LogP contribution in [0.5, 0.6) is 0 Å². The van der Waals surface area contributed by atoms with Crippen molar-refractivity contribution in [3.8, 4) is 0 Å². The minimum atomic E-state index is -1.24. The fraction of sp³-hybridized carbons (Fsp3) is 0.636. The average molecular weight is 289 g/mol. The number of amides is 1. The number of hydrogen-bond donors (Lipinski definition) is 4. The van der Waals surface area contributed by atoms with E-state index >= 15 is 0 Å². The number of nitrogens with zero attached hydrogens (tertiary/aromatic N) is 1. The Morgan fingerprint density at radius 3 is 2.00 bits per heavy atom. The number of nitrogens with one attached hydrogen (secondary N) is 1. The molecule has 0 saturated carbocycles. The lowest BCUT2D eigenvalue weighted by Gasteiger charge is -2.18. The van der Waals surface area contributed by atoms with Crippen LogP contribution in [0.4, 0.5) is 0 Å². The molecule has 0 heterocycles. The van der Waals surface area contributed by atoms with Gasteiger partial charge in [-0.3, -0.25) is 24.1 Å². The highest BCUT2D eigenvalue weighted by Crippen LogP contribution is 1.90. The van der Waals surface area contributed by atoms with Crippen molar-refractivity contribution >= 4 is 23.6 Å². The Labute approximate surface area is 115 Å². The molecule has 0 aliphatic rings. The van der Waals surface area contributed by atoms with Gasteiger partial charge in [0.25, 0.3) is 0 Å². The fourth-order valence-corrected chi connectivity index (χ4v) is 1.41. The summed E-state index contributed by atoms with van der Waals surface area (Å²) in [5.41, 5.74) is 5.50. The number of carbonyl (C=O) groups is 4. The highest BCUT2D eigenvalue weighted by Gasteiger charge is 2.18. The SMILES string of the molecule is CCC(=O)C(N)CNC(=O)CN(CC(=O)O)CC(=O)O. The van der Waals surface area contributed by atoms with Gasteiger partial charge in [-0.2, -0.15) is 0 Å². The number of hydrogen-bond acceptors (Lipinski definition) is 6. The summed E-state index contributed by atoms with van der Waals surface area (Å²) in [6.07, 6.45) is 0.251. The minimum Gasteiger partial charge on any atom is -0.480 e. The molecule has 0 aliphatic heterocycles. The Hall–Kier alpha value is -2.00. The molecular formula is C11H19N3O6. The van der Waals surface area contributed by atoms with Crippen LogP contribution in [-0.4, -0.2) is 71.0 Å². The molecule has 1 unspecified atom stereocenters. The van der Waals surface area contributed by atoms with Gasteiger partial charge in [-0.1, -0.05) is 6.92 Å². The van der Waals surface area contributed by atoms with Gasteiger partial charge >= 0.3 is 11.9 Å². The highest BCUT2D eigenvalue weighted by molar-refractivity contribution is 5.85. The van der Waals surface area contributed by atoms with E-state index in [4.69, 9.17) is 15.9 Å². The van der Waals surface area contributed by atoms with Gasteiger partial charge in [0.05, 0.1) is 25.7 Å². The van der Waals surface area contributed by atoms with Crippen LogP contribution in [0.25, 0.3) is 0 Å². The van der Waals surface area contributed by atoms with E-state index < -0.39 is 43.5 Å². The molecule has 0 aromatic heterocycles. The van der Waals surface area contributed by atoms with Crippen molar-refractivity contribution in [2.24, 2.45) is 5.73 Å². The summed E-state index contributed by atoms with van der Waals surface area (Å²) in [4.78, 5) is 44.7. The van der Waals surface area contributed by atoms with Gasteiger partial charge in [-0.15, -0.1) is 0 Å². The van der Waals surface area contributed by atoms with Crippen molar-refractivity contribution in [2.75, 3.05) is 26.2 Å². The van der Waals surface area contributed by atoms with Crippen molar-refractivity contribution in [2.45, 2.75) is 19.4 Å². The second kappa shape index (κ2) is 8.99. The molecule has 0 radical (unpaired) electrons. The normalized spacial score (nSPS) is 11.9. The van der Waals surface area contributed by atoms with E-state index in [1.54, 1.807) is 6.92 Å². The first-order valence-electron chi connectivity index (χ1n) is 5.97. The van der Waals surface area contributed by atoms with E-state index in [2.05, 4.69) is 5.32 Å². The Bertz CT molecular complexity index is 368. The van der Waals surface area contributed by atoms with E-state index in [-0.39, 0.29) is 18.7 Å². The van der Waals surface area contributed by atoms with Crippen LogP contribution in [0.3, 0.4) is 0 Å². The maximum Gasteiger partial charge on any atom is 0.317 e. The largest absolute Gasteiger partial charge is 0.480 e. The third-order valence-electron chi connectivity index (χ3n) is 2.37. The van der Waals surface area contributed by atoms with E-state index in [0.29, 0.717) is 0 Å². The van der Waals surface area contributed by atoms with Gasteiger partial charge in [-0.05, 0) is 0 Å². The van der Waals surface area contributed by atoms with Crippen molar-refractivity contribution in [3.63, 3.8) is 0 Å². The Morgan fingerprint density at radius 1 is 1.10 bits per heavy atom. The zero-order chi connectivity index (χ0) is 15.7. The Morgan fingerprint density at radius 2 is 1.60 bits per heavy atom. The number of carboxylic acid groups (broad SMARTS) is 2. The lowest BCUT2D eigenvalue weighted by Crippen LogP contribution is -2.47. The lowest BCUT2D eigenvalue weighted by molar-refractivity contribution is -0.142. The first-order chi connectivity index (χ1) is 9.26. The highest BCUT2D eigenvalue weighted by atomic mass is 16.4. The number of Topliss-reactive ketones (excluding diaryl/α,β-unsaturated/α-hetero) is 1. The molecule has 0 rings (SSSR count). The van der Waals surface area contributed by atoms with Crippen molar-refractivity contribution < 1.29 is 29.4 Å². The van der Waals surface area contributed by atoms with Crippen LogP contribution < -0.4 is 11.1 Å². The van der Waals surface area contributed by atoms with Crippen LogP contribution in [0.2, 0.25) is 0 Å². The monoisotopic (exact) mass is 289 g/mol. The van der Waals surface area contributed by atoms with Crippen LogP contribution in [0, 0.1) is 0 Å². The molecule has 0 saturated heterocycles. The first-order valence-corrected chi connectivity index (χ1v) is 5.97. The van der Waals surface area contributed by atoms with Gasteiger partial charge in [0.1, 0.15) is 0 Å². The van der Waals surface area contributed by atoms with Gasteiger partial charge in [0.2, 0.25) is 5.91 Å². The summed E-state index contributed by atoms with van der Waals surface area (Å²) in [5.74, 6) is -3.28. The van der Waals surface area contributed by atoms with Gasteiger partial charge in [0, 0.05) is 13.0 Å². The predicted molar refractivity (Wildman–Crippen MR) is 68.0 cm³/mol. The summed E-state index contributed by atoms with van der Waals surface area (Å²) >= 11 is 0. The smallest absolute Gasteiger partial charge is 0.317 e. The van der Waals surface area contributed by atoms with Crippen molar-refractivity contribution in [1.29, 1.82) is 0 Å². The maximum atomic E-state index is 11.5. The maximum absolute atomic E-state index is 11.5. The quantitative estimate of drug-likeness (QED) is 0.356. The molecule has 0 bridgehead atoms. The second-order valence-electron chi connectivity index (χ2n) is 4.16. The third kappa shape index (κ3) is 8.16. The summed E-state index contributed by atoms with van der Waals surface area (Å²) in [6.45, 7) is 0.0376. The van der Waals surface area contributed by atoms with E-state index in [1.807, 2.05) is 0 Å². The number of nitrogens with two attached hydrogens (primary N) is 1. The van der Waals surface area contributed by atoms with E-state index in [9.17, 15) is 19.2 Å². The minimum absolute atomic E-state index is 0.0700. The van der Waals surface area contributed by atoms with E-state index in [0.717, 1.165) is 4.90 Å². The zero-order valence-electron chi connectivity index (χ0n) is 11.2. The summed E-state index contributed by atoms with van der Waals surface area (Å²) < 4.78 is 0. The third-order valence-corrected chi connectivity index (χ3v) is 2.37. The van der Waals surface area contributed by atoms with Gasteiger partial charge in [-0.25, -0.2) is 0 Å². The summed E-state index contributed by atoms with van der Waals surface area (Å²) in [7, 11) is 0. The number of carboxylic acids is 2. The molecule has 9 nitrogen and oxygen atoms in total. The Balaban J connectivity index is 4.28. The molecule has 114 valence electrons. The molecule has 0 spiro atoms. The molecule has 5 N–H and O–H groups in total. The lowest BCUT2D eigenvalue weighted by atomic mass is 10.1. The van der Waals surface area contributed by atoms with Crippen molar-refractivity contribution in [1.82, 2.24) is 10.2 Å². The summed E-state index contributed by atoms with van der Waals surface area (Å²) in [5, 5.41) is 19.6. The number of ketones is 1. The standard InChI is InChI=1S/C11H19N3O6/c1-2-8(15)7(12)3-13-9(16)4-14(5-10(17)18)6-11(19)20/h7H,2-6,12H2,1H3,(H,13,16)(H,17,18)(H,19,20). The molecule has 1 amide bonds. The molecule has 0 fully saturated rings. The molecule has 0 aliphatic carbocycles. The van der Waals surface area contributed by atoms with Crippen LogP contribution in [0.1, 0.15) is 13.3 Å². The molecule has 0 aromatic carbocycles. The van der Waals surface area contributed by atoms with Crippen LogP contribution in [-0.2, 0) is 19.2 Å². The fourth-order valence-electron chi connectivity index (χ4n) is 1.41.